The molecule has 1 aromatic carbocycles. The molecule has 5 heteroatoms. The Labute approximate surface area is 85.3 Å². The maximum absolute atomic E-state index is 12.5. The van der Waals surface area contributed by atoms with Crippen LogP contribution in [0, 0.1) is 0 Å². The quantitative estimate of drug-likeness (QED) is 0.841. The minimum atomic E-state index is -2.74. The fourth-order valence-corrected chi connectivity index (χ4v) is 1.14. The molecule has 0 aliphatic carbocycles. The van der Waals surface area contributed by atoms with Crippen LogP contribution in [0.4, 0.5) is 8.78 Å². The van der Waals surface area contributed by atoms with Gasteiger partial charge < -0.3 is 9.84 Å². The highest BCUT2D eigenvalue weighted by molar-refractivity contribution is 5.88. The smallest absolute Gasteiger partial charge is 0.335 e. The number of alkyl halides is 2. The molecule has 3 nitrogen and oxygen atoms in total. The summed E-state index contributed by atoms with van der Waals surface area (Å²) in [4.78, 5) is 10.6. The maximum Gasteiger partial charge on any atom is 0.335 e. The van der Waals surface area contributed by atoms with E-state index in [4.69, 9.17) is 9.84 Å². The predicted molar refractivity (Wildman–Crippen MR) is 49.5 cm³/mol. The van der Waals surface area contributed by atoms with Gasteiger partial charge in [-0.05, 0) is 25.1 Å². The third-order valence-electron chi connectivity index (χ3n) is 1.79. The van der Waals surface area contributed by atoms with Crippen LogP contribution in [0.15, 0.2) is 18.2 Å². The predicted octanol–water partition coefficient (Wildman–Crippen LogP) is 2.72. The lowest BCUT2D eigenvalue weighted by Crippen LogP contribution is -2.01. The molecule has 1 rings (SSSR count). The largest absolute Gasteiger partial charge is 0.493 e. The molecule has 0 aliphatic heterocycles. The minimum absolute atomic E-state index is 0.0255. The number of carboxylic acids is 1. The lowest BCUT2D eigenvalue weighted by atomic mass is 10.1. The van der Waals surface area contributed by atoms with E-state index in [1.54, 1.807) is 6.92 Å². The van der Waals surface area contributed by atoms with Gasteiger partial charge in [0.2, 0.25) is 0 Å². The fraction of sp³-hybridized carbons (Fsp3) is 0.300. The molecule has 15 heavy (non-hydrogen) atoms. The molecule has 0 aromatic heterocycles. The average molecular weight is 216 g/mol. The topological polar surface area (TPSA) is 46.5 Å². The van der Waals surface area contributed by atoms with E-state index in [1.807, 2.05) is 0 Å². The Hall–Kier alpha value is -1.65. The first-order valence-electron chi connectivity index (χ1n) is 4.34. The molecule has 0 amide bonds. The molecule has 0 fully saturated rings. The van der Waals surface area contributed by atoms with Crippen molar-refractivity contribution in [3.8, 4) is 5.75 Å². The molecular formula is C10H10F2O3. The van der Waals surface area contributed by atoms with E-state index in [9.17, 15) is 13.6 Å². The van der Waals surface area contributed by atoms with Crippen LogP contribution in [0.5, 0.6) is 5.75 Å². The Morgan fingerprint density at radius 2 is 2.20 bits per heavy atom. The Morgan fingerprint density at radius 1 is 1.53 bits per heavy atom. The normalized spacial score (nSPS) is 10.4. The number of aromatic carboxylic acids is 1. The molecule has 0 saturated heterocycles. The third-order valence-corrected chi connectivity index (χ3v) is 1.79. The monoisotopic (exact) mass is 216 g/mol. The molecular weight excluding hydrogens is 206 g/mol. The van der Waals surface area contributed by atoms with Crippen molar-refractivity contribution in [2.24, 2.45) is 0 Å². The summed E-state index contributed by atoms with van der Waals surface area (Å²) in [6.45, 7) is 1.92. The van der Waals surface area contributed by atoms with Crippen molar-refractivity contribution in [2.75, 3.05) is 6.61 Å². The molecule has 0 spiro atoms. The SMILES string of the molecule is CCOc1ccc(C(=O)O)cc1C(F)F. The lowest BCUT2D eigenvalue weighted by molar-refractivity contribution is 0.0696. The highest BCUT2D eigenvalue weighted by atomic mass is 19.3. The van der Waals surface area contributed by atoms with Crippen LogP contribution in [0.2, 0.25) is 0 Å². The first kappa shape index (κ1) is 11.4. The van der Waals surface area contributed by atoms with Crippen LogP contribution in [-0.2, 0) is 0 Å². The van der Waals surface area contributed by atoms with E-state index in [0.29, 0.717) is 0 Å². The van der Waals surface area contributed by atoms with Crippen LogP contribution in [0.1, 0.15) is 29.3 Å². The van der Waals surface area contributed by atoms with Crippen LogP contribution in [-0.4, -0.2) is 17.7 Å². The van der Waals surface area contributed by atoms with Crippen LogP contribution in [0.3, 0.4) is 0 Å². The number of carbonyl (C=O) groups is 1. The van der Waals surface area contributed by atoms with Gasteiger partial charge in [-0.2, -0.15) is 0 Å². The highest BCUT2D eigenvalue weighted by Crippen LogP contribution is 2.29. The summed E-state index contributed by atoms with van der Waals surface area (Å²) in [6, 6.07) is 3.41. The number of hydrogen-bond acceptors (Lipinski definition) is 2. The zero-order chi connectivity index (χ0) is 11.4. The highest BCUT2D eigenvalue weighted by Gasteiger charge is 2.16. The van der Waals surface area contributed by atoms with Gasteiger partial charge in [0.1, 0.15) is 5.75 Å². The molecule has 0 bridgehead atoms. The number of rotatable bonds is 4. The summed E-state index contributed by atoms with van der Waals surface area (Å²) >= 11 is 0. The number of benzene rings is 1. The Kier molecular flexibility index (Phi) is 3.60. The number of carboxylic acid groups (broad SMARTS) is 1. The van der Waals surface area contributed by atoms with Crippen molar-refractivity contribution in [1.82, 2.24) is 0 Å². The van der Waals surface area contributed by atoms with E-state index >= 15 is 0 Å². The van der Waals surface area contributed by atoms with E-state index in [1.165, 1.54) is 12.1 Å². The maximum atomic E-state index is 12.5. The van der Waals surface area contributed by atoms with Crippen molar-refractivity contribution < 1.29 is 23.4 Å². The van der Waals surface area contributed by atoms with Gasteiger partial charge in [-0.1, -0.05) is 0 Å². The summed E-state index contributed by atoms with van der Waals surface area (Å²) in [5.74, 6) is -1.21. The lowest BCUT2D eigenvalue weighted by Gasteiger charge is -2.09. The molecule has 1 aromatic rings. The summed E-state index contributed by atoms with van der Waals surface area (Å²) < 4.78 is 30.0. The first-order chi connectivity index (χ1) is 7.06. The molecule has 82 valence electrons. The number of ether oxygens (including phenoxy) is 1. The zero-order valence-electron chi connectivity index (χ0n) is 8.04. The van der Waals surface area contributed by atoms with Gasteiger partial charge in [-0.15, -0.1) is 0 Å². The molecule has 0 aliphatic rings. The van der Waals surface area contributed by atoms with Crippen LogP contribution in [0.25, 0.3) is 0 Å². The molecule has 0 unspecified atom stereocenters. The second-order valence-corrected chi connectivity index (χ2v) is 2.79. The molecule has 0 radical (unpaired) electrons. The van der Waals surface area contributed by atoms with E-state index in [0.717, 1.165) is 6.07 Å². The summed E-state index contributed by atoms with van der Waals surface area (Å²) in [5, 5.41) is 8.63. The number of hydrogen-bond donors (Lipinski definition) is 1. The van der Waals surface area contributed by atoms with E-state index in [2.05, 4.69) is 0 Å². The molecule has 0 saturated carbocycles. The fourth-order valence-electron chi connectivity index (χ4n) is 1.14. The summed E-state index contributed by atoms with van der Waals surface area (Å²) in [6.07, 6.45) is -2.74. The Balaban J connectivity index is 3.14. The molecule has 0 heterocycles. The van der Waals surface area contributed by atoms with Crippen molar-refractivity contribution in [1.29, 1.82) is 0 Å². The minimum Gasteiger partial charge on any atom is -0.493 e. The number of halogens is 2. The van der Waals surface area contributed by atoms with Crippen molar-refractivity contribution in [2.45, 2.75) is 13.3 Å². The van der Waals surface area contributed by atoms with Crippen molar-refractivity contribution in [3.63, 3.8) is 0 Å². The van der Waals surface area contributed by atoms with Crippen molar-refractivity contribution in [3.05, 3.63) is 29.3 Å². The van der Waals surface area contributed by atoms with Gasteiger partial charge in [0.25, 0.3) is 6.43 Å². The standard InChI is InChI=1S/C10H10F2O3/c1-2-15-8-4-3-6(10(13)14)5-7(8)9(11)12/h3-5,9H,2H2,1H3,(H,13,14). The van der Waals surface area contributed by atoms with E-state index in [-0.39, 0.29) is 17.9 Å². The van der Waals surface area contributed by atoms with Crippen molar-refractivity contribution >= 4 is 5.97 Å². The summed E-state index contributed by atoms with van der Waals surface area (Å²) in [7, 11) is 0. The Bertz CT molecular complexity index is 364. The zero-order valence-corrected chi connectivity index (χ0v) is 8.04. The van der Waals surface area contributed by atoms with Gasteiger partial charge in [0.05, 0.1) is 17.7 Å². The third kappa shape index (κ3) is 2.65. The van der Waals surface area contributed by atoms with Gasteiger partial charge in [0.15, 0.2) is 0 Å². The second kappa shape index (κ2) is 4.72. The molecule has 1 N–H and O–H groups in total. The van der Waals surface area contributed by atoms with Gasteiger partial charge in [-0.3, -0.25) is 0 Å². The molecule has 0 atom stereocenters. The van der Waals surface area contributed by atoms with Crippen LogP contribution >= 0.6 is 0 Å². The van der Waals surface area contributed by atoms with Gasteiger partial charge in [-0.25, -0.2) is 13.6 Å². The first-order valence-corrected chi connectivity index (χ1v) is 4.34. The average Bonchev–Trinajstić information content (AvgIpc) is 2.18. The van der Waals surface area contributed by atoms with Gasteiger partial charge >= 0.3 is 5.97 Å². The second-order valence-electron chi connectivity index (χ2n) is 2.79. The summed E-state index contributed by atoms with van der Waals surface area (Å²) in [5.41, 5.74) is -0.564. The van der Waals surface area contributed by atoms with E-state index < -0.39 is 18.0 Å². The Morgan fingerprint density at radius 3 is 2.67 bits per heavy atom. The van der Waals surface area contributed by atoms with Crippen LogP contribution < -0.4 is 4.74 Å². The van der Waals surface area contributed by atoms with Gasteiger partial charge in [0, 0.05) is 0 Å².